The Morgan fingerprint density at radius 3 is 3.14 bits per heavy atom. The average molecular weight is 223 g/mol. The van der Waals surface area contributed by atoms with Gasteiger partial charge in [0.05, 0.1) is 11.2 Å². The number of hydrogen-bond donors (Lipinski definition) is 1. The lowest BCUT2D eigenvalue weighted by Gasteiger charge is -2.14. The molecule has 1 N–H and O–H groups in total. The number of aliphatic imine (C=N–C) groups is 1. The lowest BCUT2D eigenvalue weighted by atomic mass is 10.1. The van der Waals surface area contributed by atoms with E-state index in [0.29, 0.717) is 5.16 Å². The molecule has 70 valence electrons. The zero-order valence-electron chi connectivity index (χ0n) is 7.20. The molecular formula is C10H7ClN2S. The second kappa shape index (κ2) is 3.04. The van der Waals surface area contributed by atoms with Crippen LogP contribution < -0.4 is 5.32 Å². The van der Waals surface area contributed by atoms with Gasteiger partial charge in [-0.2, -0.15) is 0 Å². The van der Waals surface area contributed by atoms with Crippen LogP contribution in [0.15, 0.2) is 44.2 Å². The van der Waals surface area contributed by atoms with Crippen molar-refractivity contribution in [3.05, 3.63) is 39.9 Å². The van der Waals surface area contributed by atoms with E-state index in [1.165, 1.54) is 10.5 Å². The molecule has 1 atom stereocenters. The molecule has 4 heteroatoms. The zero-order valence-corrected chi connectivity index (χ0v) is 8.77. The van der Waals surface area contributed by atoms with Gasteiger partial charge in [0.25, 0.3) is 0 Å². The number of fused-ring (bicyclic) bond motifs is 3. The van der Waals surface area contributed by atoms with Crippen LogP contribution in [0.25, 0.3) is 0 Å². The Labute approximate surface area is 91.1 Å². The van der Waals surface area contributed by atoms with Gasteiger partial charge in [0, 0.05) is 4.90 Å². The fourth-order valence-electron chi connectivity index (χ4n) is 1.67. The van der Waals surface area contributed by atoms with Crippen LogP contribution in [-0.2, 0) is 0 Å². The summed E-state index contributed by atoms with van der Waals surface area (Å²) in [5.41, 5.74) is 1.25. The number of hydrogen-bond acceptors (Lipinski definition) is 3. The molecule has 1 aromatic rings. The third-order valence-electron chi connectivity index (χ3n) is 2.31. The van der Waals surface area contributed by atoms with E-state index in [-0.39, 0.29) is 6.04 Å². The standard InChI is InChI=1S/C10H7ClN2S/c11-10-9-8(12-5-13-10)6-3-1-2-4-7(6)14-9/h1-5,8H,(H,12,13). The highest BCUT2D eigenvalue weighted by Crippen LogP contribution is 2.51. The van der Waals surface area contributed by atoms with Crippen molar-refractivity contribution >= 4 is 29.7 Å². The average Bonchev–Trinajstić information content (AvgIpc) is 2.59. The summed E-state index contributed by atoms with van der Waals surface area (Å²) in [6, 6.07) is 8.39. The molecule has 1 unspecified atom stereocenters. The van der Waals surface area contributed by atoms with Gasteiger partial charge in [-0.1, -0.05) is 41.6 Å². The maximum Gasteiger partial charge on any atom is 0.119 e. The fourth-order valence-corrected chi connectivity index (χ4v) is 3.06. The molecule has 0 saturated heterocycles. The van der Waals surface area contributed by atoms with Crippen LogP contribution in [-0.4, -0.2) is 6.34 Å². The summed E-state index contributed by atoms with van der Waals surface area (Å²) in [5, 5.41) is 3.62. The van der Waals surface area contributed by atoms with Gasteiger partial charge in [-0.3, -0.25) is 4.99 Å². The van der Waals surface area contributed by atoms with Crippen molar-refractivity contribution in [2.24, 2.45) is 4.99 Å². The summed E-state index contributed by atoms with van der Waals surface area (Å²) in [6.45, 7) is 0. The van der Waals surface area contributed by atoms with E-state index in [1.807, 2.05) is 12.1 Å². The lowest BCUT2D eigenvalue weighted by molar-refractivity contribution is 0.860. The number of benzene rings is 1. The van der Waals surface area contributed by atoms with Crippen LogP contribution in [0, 0.1) is 0 Å². The molecule has 14 heavy (non-hydrogen) atoms. The molecule has 0 aliphatic carbocycles. The third-order valence-corrected chi connectivity index (χ3v) is 3.98. The molecule has 2 nitrogen and oxygen atoms in total. The minimum atomic E-state index is 0.116. The molecule has 0 aromatic heterocycles. The van der Waals surface area contributed by atoms with Gasteiger partial charge >= 0.3 is 0 Å². The van der Waals surface area contributed by atoms with Crippen LogP contribution >= 0.6 is 23.4 Å². The molecule has 0 saturated carbocycles. The highest BCUT2D eigenvalue weighted by atomic mass is 35.5. The molecule has 2 aliphatic heterocycles. The van der Waals surface area contributed by atoms with Crippen LogP contribution in [0.1, 0.15) is 11.6 Å². The van der Waals surface area contributed by atoms with Crippen molar-refractivity contribution in [2.45, 2.75) is 10.9 Å². The zero-order chi connectivity index (χ0) is 9.54. The number of nitrogens with zero attached hydrogens (tertiary/aromatic N) is 1. The van der Waals surface area contributed by atoms with E-state index in [1.54, 1.807) is 18.1 Å². The molecule has 2 aliphatic rings. The summed E-state index contributed by atoms with van der Waals surface area (Å²) in [5.74, 6) is 0. The van der Waals surface area contributed by atoms with Crippen molar-refractivity contribution in [3.8, 4) is 0 Å². The second-order valence-corrected chi connectivity index (χ2v) is 4.60. The monoisotopic (exact) mass is 222 g/mol. The molecule has 0 fully saturated rings. The maximum absolute atomic E-state index is 6.06. The smallest absolute Gasteiger partial charge is 0.119 e. The summed E-state index contributed by atoms with van der Waals surface area (Å²) >= 11 is 7.76. The normalized spacial score (nSPS) is 23.1. The van der Waals surface area contributed by atoms with Gasteiger partial charge in [-0.05, 0) is 11.6 Å². The number of nitrogens with one attached hydrogen (secondary N) is 1. The van der Waals surface area contributed by atoms with E-state index >= 15 is 0 Å². The lowest BCUT2D eigenvalue weighted by Crippen LogP contribution is -2.14. The highest BCUT2D eigenvalue weighted by molar-refractivity contribution is 8.03. The van der Waals surface area contributed by atoms with Crippen LogP contribution in [0.5, 0.6) is 0 Å². The third kappa shape index (κ3) is 1.09. The van der Waals surface area contributed by atoms with Gasteiger partial charge in [0.1, 0.15) is 11.2 Å². The summed E-state index contributed by atoms with van der Waals surface area (Å²) in [7, 11) is 0. The second-order valence-electron chi connectivity index (χ2n) is 3.14. The largest absolute Gasteiger partial charge is 0.337 e. The predicted octanol–water partition coefficient (Wildman–Crippen LogP) is 2.87. The maximum atomic E-state index is 6.06. The first-order valence-corrected chi connectivity index (χ1v) is 5.50. The molecule has 3 rings (SSSR count). The molecule has 0 radical (unpaired) electrons. The SMILES string of the molecule is ClC1=C2Sc3ccccc3C2N=CN1. The number of thioether (sulfide) groups is 1. The molecule has 0 bridgehead atoms. The fraction of sp³-hybridized carbons (Fsp3) is 0.100. The Hall–Kier alpha value is -0.930. The minimum absolute atomic E-state index is 0.116. The number of halogens is 1. The van der Waals surface area contributed by atoms with Crippen LogP contribution in [0.2, 0.25) is 0 Å². The van der Waals surface area contributed by atoms with E-state index in [4.69, 9.17) is 11.6 Å². The molecule has 2 heterocycles. The van der Waals surface area contributed by atoms with Crippen molar-refractivity contribution in [3.63, 3.8) is 0 Å². The molecule has 1 aromatic carbocycles. The summed E-state index contributed by atoms with van der Waals surface area (Å²) in [4.78, 5) is 6.75. The van der Waals surface area contributed by atoms with Gasteiger partial charge in [-0.15, -0.1) is 0 Å². The van der Waals surface area contributed by atoms with Crippen LogP contribution in [0.4, 0.5) is 0 Å². The van der Waals surface area contributed by atoms with Gasteiger partial charge in [0.15, 0.2) is 0 Å². The summed E-state index contributed by atoms with van der Waals surface area (Å²) in [6.07, 6.45) is 1.67. The van der Waals surface area contributed by atoms with E-state index < -0.39 is 0 Å². The Morgan fingerprint density at radius 1 is 1.36 bits per heavy atom. The molecule has 0 spiro atoms. The predicted molar refractivity (Wildman–Crippen MR) is 59.5 cm³/mol. The Balaban J connectivity index is 2.18. The van der Waals surface area contributed by atoms with Crippen molar-refractivity contribution < 1.29 is 0 Å². The Bertz CT molecular complexity index is 453. The van der Waals surface area contributed by atoms with Crippen LogP contribution in [0.3, 0.4) is 0 Å². The van der Waals surface area contributed by atoms with Gasteiger partial charge in [0.2, 0.25) is 0 Å². The van der Waals surface area contributed by atoms with Crippen molar-refractivity contribution in [1.82, 2.24) is 5.32 Å². The topological polar surface area (TPSA) is 24.4 Å². The van der Waals surface area contributed by atoms with Crippen molar-refractivity contribution in [2.75, 3.05) is 0 Å². The van der Waals surface area contributed by atoms with Gasteiger partial charge < -0.3 is 5.32 Å². The summed E-state index contributed by atoms with van der Waals surface area (Å²) < 4.78 is 0. The number of rotatable bonds is 0. The van der Waals surface area contributed by atoms with Gasteiger partial charge in [-0.25, -0.2) is 0 Å². The van der Waals surface area contributed by atoms with E-state index in [9.17, 15) is 0 Å². The molecule has 0 amide bonds. The minimum Gasteiger partial charge on any atom is -0.337 e. The Morgan fingerprint density at radius 2 is 2.21 bits per heavy atom. The van der Waals surface area contributed by atoms with Crippen molar-refractivity contribution in [1.29, 1.82) is 0 Å². The van der Waals surface area contributed by atoms with E-state index in [2.05, 4.69) is 22.4 Å². The first kappa shape index (κ1) is 8.38. The molecular weight excluding hydrogens is 216 g/mol. The quantitative estimate of drug-likeness (QED) is 0.683. The first-order chi connectivity index (χ1) is 6.86. The van der Waals surface area contributed by atoms with E-state index in [0.717, 1.165) is 4.91 Å². The highest BCUT2D eigenvalue weighted by Gasteiger charge is 2.31. The first-order valence-electron chi connectivity index (χ1n) is 4.31. The Kier molecular flexibility index (Phi) is 1.82.